The molecule has 2 aromatic rings. The number of likely N-dealkylation sites (tertiary alicyclic amines) is 1. The zero-order valence-electron chi connectivity index (χ0n) is 21.1. The van der Waals surface area contributed by atoms with Gasteiger partial charge in [-0.3, -0.25) is 14.5 Å². The Labute approximate surface area is 217 Å². The molecule has 2 aliphatic heterocycles. The second kappa shape index (κ2) is 11.6. The molecule has 0 spiro atoms. The standard InChI is InChI=1S/C26H33N3O7S/c1-3-28(4-2)37(33,34)20-10-8-19(9-11-20)24(30)22-23(21-7-5-16-36-21)29(26(32)25(22)31)13-6-12-27-14-17-35-18-15-27/h5,7-11,16,23,30H,3-4,6,12-15,17-18H2,1-2H3/b24-22+. The van der Waals surface area contributed by atoms with E-state index in [0.717, 1.165) is 19.6 Å². The number of carbonyl (C=O) groups is 2. The minimum Gasteiger partial charge on any atom is -0.507 e. The van der Waals surface area contributed by atoms with Crippen molar-refractivity contribution in [1.82, 2.24) is 14.1 Å². The molecule has 2 aliphatic rings. The lowest BCUT2D eigenvalue weighted by atomic mass is 9.99. The monoisotopic (exact) mass is 531 g/mol. The lowest BCUT2D eigenvalue weighted by Gasteiger charge is -2.28. The Balaban J connectivity index is 1.62. The first-order chi connectivity index (χ1) is 17.8. The number of aliphatic hydroxyl groups is 1. The van der Waals surface area contributed by atoms with Crippen molar-refractivity contribution in [1.29, 1.82) is 0 Å². The number of amides is 1. The highest BCUT2D eigenvalue weighted by molar-refractivity contribution is 7.89. The summed E-state index contributed by atoms with van der Waals surface area (Å²) in [5, 5.41) is 11.2. The summed E-state index contributed by atoms with van der Waals surface area (Å²) < 4.78 is 37.9. The number of furan rings is 1. The van der Waals surface area contributed by atoms with Crippen LogP contribution in [0.4, 0.5) is 0 Å². The molecule has 200 valence electrons. The van der Waals surface area contributed by atoms with Crippen LogP contribution in [0.1, 0.15) is 37.6 Å². The molecular formula is C26H33N3O7S. The van der Waals surface area contributed by atoms with Gasteiger partial charge in [0.05, 0.1) is 29.9 Å². The highest BCUT2D eigenvalue weighted by atomic mass is 32.2. The maximum absolute atomic E-state index is 13.1. The van der Waals surface area contributed by atoms with E-state index in [1.165, 1.54) is 39.7 Å². The SMILES string of the molecule is CCN(CC)S(=O)(=O)c1ccc(/C(O)=C2\C(=O)C(=O)N(CCCN3CCOCC3)C2c2ccco2)cc1. The molecule has 2 fully saturated rings. The molecule has 1 N–H and O–H groups in total. The smallest absolute Gasteiger partial charge is 0.295 e. The van der Waals surface area contributed by atoms with E-state index in [2.05, 4.69) is 4.90 Å². The van der Waals surface area contributed by atoms with Crippen molar-refractivity contribution in [2.75, 3.05) is 52.5 Å². The van der Waals surface area contributed by atoms with Gasteiger partial charge in [-0.15, -0.1) is 0 Å². The second-order valence-electron chi connectivity index (χ2n) is 8.93. The van der Waals surface area contributed by atoms with Crippen molar-refractivity contribution in [3.05, 3.63) is 59.6 Å². The van der Waals surface area contributed by atoms with Crippen molar-refractivity contribution < 1.29 is 32.3 Å². The van der Waals surface area contributed by atoms with Crippen LogP contribution < -0.4 is 0 Å². The highest BCUT2D eigenvalue weighted by Crippen LogP contribution is 2.39. The summed E-state index contributed by atoms with van der Waals surface area (Å²) in [6.07, 6.45) is 2.10. The number of Topliss-reactive ketones (excluding diaryl/α,β-unsaturated/α-hetero) is 1. The van der Waals surface area contributed by atoms with E-state index in [4.69, 9.17) is 9.15 Å². The lowest BCUT2D eigenvalue weighted by Crippen LogP contribution is -2.38. The van der Waals surface area contributed by atoms with Crippen molar-refractivity contribution in [3.63, 3.8) is 0 Å². The third-order valence-corrected chi connectivity index (χ3v) is 8.86. The van der Waals surface area contributed by atoms with Gasteiger partial charge >= 0.3 is 0 Å². The maximum Gasteiger partial charge on any atom is 0.295 e. The lowest BCUT2D eigenvalue weighted by molar-refractivity contribution is -0.140. The summed E-state index contributed by atoms with van der Waals surface area (Å²) in [6, 6.07) is 8.12. The first-order valence-corrected chi connectivity index (χ1v) is 14.0. The molecule has 0 bridgehead atoms. The topological polar surface area (TPSA) is 121 Å². The molecule has 11 heteroatoms. The fourth-order valence-corrected chi connectivity index (χ4v) is 6.25. The molecule has 37 heavy (non-hydrogen) atoms. The first-order valence-electron chi connectivity index (χ1n) is 12.5. The fourth-order valence-electron chi connectivity index (χ4n) is 4.80. The average Bonchev–Trinajstić information content (AvgIpc) is 3.52. The van der Waals surface area contributed by atoms with Gasteiger partial charge in [-0.2, -0.15) is 4.31 Å². The minimum atomic E-state index is -3.68. The molecule has 3 heterocycles. The Hall–Kier alpha value is -2.99. The molecular weight excluding hydrogens is 498 g/mol. The summed E-state index contributed by atoms with van der Waals surface area (Å²) in [4.78, 5) is 29.9. The Morgan fingerprint density at radius 3 is 2.32 bits per heavy atom. The molecule has 2 saturated heterocycles. The van der Waals surface area contributed by atoms with E-state index in [-0.39, 0.29) is 21.8 Å². The van der Waals surface area contributed by atoms with E-state index < -0.39 is 27.8 Å². The number of nitrogens with zero attached hydrogens (tertiary/aromatic N) is 3. The number of morpholine rings is 1. The number of aliphatic hydroxyl groups excluding tert-OH is 1. The van der Waals surface area contributed by atoms with Crippen LogP contribution >= 0.6 is 0 Å². The predicted octanol–water partition coefficient (Wildman–Crippen LogP) is 2.45. The second-order valence-corrected chi connectivity index (χ2v) is 10.9. The summed E-state index contributed by atoms with van der Waals surface area (Å²) in [5.41, 5.74) is 0.159. The first kappa shape index (κ1) is 27.1. The van der Waals surface area contributed by atoms with Crippen molar-refractivity contribution in [2.45, 2.75) is 31.2 Å². The number of ether oxygens (including phenoxy) is 1. The number of hydrogen-bond acceptors (Lipinski definition) is 8. The third-order valence-electron chi connectivity index (χ3n) is 6.80. The fraction of sp³-hybridized carbons (Fsp3) is 0.462. The molecule has 1 amide bonds. The van der Waals surface area contributed by atoms with Crippen LogP contribution in [0.5, 0.6) is 0 Å². The van der Waals surface area contributed by atoms with Gasteiger partial charge in [0.25, 0.3) is 11.7 Å². The largest absolute Gasteiger partial charge is 0.507 e. The van der Waals surface area contributed by atoms with Gasteiger partial charge < -0.3 is 19.2 Å². The van der Waals surface area contributed by atoms with Gasteiger partial charge in [-0.25, -0.2) is 8.42 Å². The Bertz CT molecular complexity index is 1230. The summed E-state index contributed by atoms with van der Waals surface area (Å²) >= 11 is 0. The van der Waals surface area contributed by atoms with Gasteiger partial charge in [0.15, 0.2) is 0 Å². The van der Waals surface area contributed by atoms with Gasteiger partial charge in [0, 0.05) is 44.8 Å². The van der Waals surface area contributed by atoms with Crippen LogP contribution in [0.2, 0.25) is 0 Å². The Morgan fingerprint density at radius 1 is 1.05 bits per heavy atom. The summed E-state index contributed by atoms with van der Waals surface area (Å²) in [6.45, 7) is 8.23. The van der Waals surface area contributed by atoms with E-state index in [9.17, 15) is 23.1 Å². The molecule has 1 aromatic heterocycles. The quantitative estimate of drug-likeness (QED) is 0.282. The van der Waals surface area contributed by atoms with Gasteiger partial charge in [-0.1, -0.05) is 13.8 Å². The normalized spacial score (nSPS) is 20.7. The van der Waals surface area contributed by atoms with Gasteiger partial charge in [0.2, 0.25) is 10.0 Å². The average molecular weight is 532 g/mol. The number of hydrogen-bond donors (Lipinski definition) is 1. The summed E-state index contributed by atoms with van der Waals surface area (Å²) in [7, 11) is -3.68. The van der Waals surface area contributed by atoms with Gasteiger partial charge in [-0.05, 0) is 42.8 Å². The van der Waals surface area contributed by atoms with E-state index in [0.29, 0.717) is 45.0 Å². The molecule has 0 radical (unpaired) electrons. The van der Waals surface area contributed by atoms with E-state index in [1.807, 2.05) is 0 Å². The molecule has 1 atom stereocenters. The maximum atomic E-state index is 13.1. The van der Waals surface area contributed by atoms with Crippen LogP contribution in [0.15, 0.2) is 57.5 Å². The predicted molar refractivity (Wildman–Crippen MR) is 136 cm³/mol. The highest BCUT2D eigenvalue weighted by Gasteiger charge is 2.47. The van der Waals surface area contributed by atoms with Crippen molar-refractivity contribution in [3.8, 4) is 0 Å². The van der Waals surface area contributed by atoms with Crippen molar-refractivity contribution >= 4 is 27.5 Å². The number of carbonyl (C=O) groups excluding carboxylic acids is 2. The number of ketones is 1. The van der Waals surface area contributed by atoms with Crippen molar-refractivity contribution in [2.24, 2.45) is 0 Å². The molecule has 10 nitrogen and oxygen atoms in total. The Kier molecular flexibility index (Phi) is 8.48. The van der Waals surface area contributed by atoms with Gasteiger partial charge in [0.1, 0.15) is 17.6 Å². The molecule has 0 aliphatic carbocycles. The Morgan fingerprint density at radius 2 is 1.73 bits per heavy atom. The number of sulfonamides is 1. The van der Waals surface area contributed by atoms with Crippen LogP contribution in [0.25, 0.3) is 5.76 Å². The van der Waals surface area contributed by atoms with Crippen LogP contribution in [0.3, 0.4) is 0 Å². The van der Waals surface area contributed by atoms with Crippen LogP contribution in [-0.4, -0.2) is 91.8 Å². The van der Waals surface area contributed by atoms with E-state index in [1.54, 1.807) is 26.0 Å². The minimum absolute atomic E-state index is 0.0781. The molecule has 0 saturated carbocycles. The molecule has 4 rings (SSSR count). The zero-order chi connectivity index (χ0) is 26.6. The van der Waals surface area contributed by atoms with Crippen LogP contribution in [-0.2, 0) is 24.3 Å². The number of rotatable bonds is 10. The van der Waals surface area contributed by atoms with E-state index >= 15 is 0 Å². The summed E-state index contributed by atoms with van der Waals surface area (Å²) in [5.74, 6) is -1.51. The molecule has 1 unspecified atom stereocenters. The zero-order valence-corrected chi connectivity index (χ0v) is 21.9. The third kappa shape index (κ3) is 5.49. The van der Waals surface area contributed by atoms with Crippen LogP contribution in [0, 0.1) is 0 Å². The molecule has 1 aromatic carbocycles. The number of benzene rings is 1.